The van der Waals surface area contributed by atoms with Crippen LogP contribution in [0.1, 0.15) is 59.7 Å². The molecule has 2 amide bonds. The predicted molar refractivity (Wildman–Crippen MR) is 99.8 cm³/mol. The fraction of sp³-hybridized carbons (Fsp3) is 0.500. The highest BCUT2D eigenvalue weighted by Gasteiger charge is 2.20. The molecule has 2 aliphatic heterocycles. The Morgan fingerprint density at radius 1 is 1.00 bits per heavy atom. The van der Waals surface area contributed by atoms with Gasteiger partial charge < -0.3 is 14.8 Å². The van der Waals surface area contributed by atoms with Crippen LogP contribution in [0, 0.1) is 0 Å². The molecule has 0 bridgehead atoms. The molecule has 2 aliphatic rings. The van der Waals surface area contributed by atoms with Gasteiger partial charge in [-0.25, -0.2) is 0 Å². The molecule has 1 aromatic heterocycles. The predicted octanol–water partition coefficient (Wildman–Crippen LogP) is 2.06. The van der Waals surface area contributed by atoms with Gasteiger partial charge in [0.05, 0.1) is 6.54 Å². The van der Waals surface area contributed by atoms with Crippen molar-refractivity contribution in [1.82, 2.24) is 25.0 Å². The zero-order chi connectivity index (χ0) is 18.6. The van der Waals surface area contributed by atoms with E-state index in [1.165, 1.54) is 6.42 Å². The van der Waals surface area contributed by atoms with E-state index in [0.29, 0.717) is 25.1 Å². The SMILES string of the molecule is O=C(NCc1nnc2n1CCCCC2)c1ccc(CN2CCCC2=O)cc1. The third-order valence-electron chi connectivity index (χ3n) is 5.35. The number of hydrogen-bond donors (Lipinski definition) is 1. The Kier molecular flexibility index (Phi) is 5.18. The Morgan fingerprint density at radius 3 is 2.63 bits per heavy atom. The van der Waals surface area contributed by atoms with E-state index >= 15 is 0 Å². The molecule has 27 heavy (non-hydrogen) atoms. The van der Waals surface area contributed by atoms with Crippen LogP contribution in [0.15, 0.2) is 24.3 Å². The van der Waals surface area contributed by atoms with Gasteiger partial charge in [-0.3, -0.25) is 9.59 Å². The summed E-state index contributed by atoms with van der Waals surface area (Å²) in [5.41, 5.74) is 1.66. The number of likely N-dealkylation sites (tertiary alicyclic amines) is 1. The molecule has 1 aromatic carbocycles. The molecule has 0 aliphatic carbocycles. The van der Waals surface area contributed by atoms with Gasteiger partial charge in [-0.15, -0.1) is 10.2 Å². The van der Waals surface area contributed by atoms with E-state index in [9.17, 15) is 9.59 Å². The third kappa shape index (κ3) is 4.02. The molecule has 1 N–H and O–H groups in total. The summed E-state index contributed by atoms with van der Waals surface area (Å²) in [5.74, 6) is 1.94. The standard InChI is InChI=1S/C20H25N5O2/c26-19-6-4-11-24(19)14-15-7-9-16(10-8-15)20(27)21-13-18-23-22-17-5-2-1-3-12-25(17)18/h7-10H,1-6,11-14H2,(H,21,27). The quantitative estimate of drug-likeness (QED) is 0.877. The maximum atomic E-state index is 12.5. The molecular weight excluding hydrogens is 342 g/mol. The van der Waals surface area contributed by atoms with E-state index in [1.807, 2.05) is 29.2 Å². The van der Waals surface area contributed by atoms with Crippen molar-refractivity contribution >= 4 is 11.8 Å². The number of amides is 2. The van der Waals surface area contributed by atoms with Crippen molar-refractivity contribution in [3.8, 4) is 0 Å². The van der Waals surface area contributed by atoms with E-state index in [1.54, 1.807) is 0 Å². The molecule has 1 fully saturated rings. The summed E-state index contributed by atoms with van der Waals surface area (Å²) in [4.78, 5) is 26.0. The number of nitrogens with one attached hydrogen (secondary N) is 1. The number of aromatic nitrogens is 3. The largest absolute Gasteiger partial charge is 0.345 e. The van der Waals surface area contributed by atoms with Gasteiger partial charge in [-0.2, -0.15) is 0 Å². The molecule has 4 rings (SSSR count). The first-order valence-corrected chi connectivity index (χ1v) is 9.76. The first-order valence-electron chi connectivity index (χ1n) is 9.76. The normalized spacial score (nSPS) is 16.9. The molecule has 0 atom stereocenters. The second kappa shape index (κ2) is 7.90. The summed E-state index contributed by atoms with van der Waals surface area (Å²) in [6.45, 7) is 2.75. The number of aryl methyl sites for hydroxylation is 1. The Labute approximate surface area is 158 Å². The summed E-state index contributed by atoms with van der Waals surface area (Å²) in [7, 11) is 0. The Hall–Kier alpha value is -2.70. The third-order valence-corrected chi connectivity index (χ3v) is 5.35. The highest BCUT2D eigenvalue weighted by Crippen LogP contribution is 2.16. The Morgan fingerprint density at radius 2 is 1.85 bits per heavy atom. The van der Waals surface area contributed by atoms with Crippen LogP contribution >= 0.6 is 0 Å². The second-order valence-electron chi connectivity index (χ2n) is 7.29. The average molecular weight is 367 g/mol. The van der Waals surface area contributed by atoms with Crippen LogP contribution < -0.4 is 5.32 Å². The number of benzene rings is 1. The minimum Gasteiger partial charge on any atom is -0.345 e. The lowest BCUT2D eigenvalue weighted by molar-refractivity contribution is -0.128. The number of fused-ring (bicyclic) bond motifs is 1. The van der Waals surface area contributed by atoms with Gasteiger partial charge in [0.1, 0.15) is 5.82 Å². The molecule has 0 spiro atoms. The zero-order valence-electron chi connectivity index (χ0n) is 15.5. The highest BCUT2D eigenvalue weighted by atomic mass is 16.2. The topological polar surface area (TPSA) is 80.1 Å². The Balaban J connectivity index is 1.34. The number of carbonyl (C=O) groups is 2. The molecule has 142 valence electrons. The summed E-state index contributed by atoms with van der Waals surface area (Å²) < 4.78 is 2.14. The number of carbonyl (C=O) groups excluding carboxylic acids is 2. The van der Waals surface area contributed by atoms with E-state index in [-0.39, 0.29) is 11.8 Å². The van der Waals surface area contributed by atoms with Crippen LogP contribution in [0.4, 0.5) is 0 Å². The van der Waals surface area contributed by atoms with E-state index in [4.69, 9.17) is 0 Å². The molecule has 2 aromatic rings. The molecule has 7 nitrogen and oxygen atoms in total. The Bertz CT molecular complexity index is 827. The smallest absolute Gasteiger partial charge is 0.251 e. The maximum absolute atomic E-state index is 12.5. The average Bonchev–Trinajstić information content (AvgIpc) is 3.18. The molecule has 7 heteroatoms. The van der Waals surface area contributed by atoms with Gasteiger partial charge >= 0.3 is 0 Å². The lowest BCUT2D eigenvalue weighted by Gasteiger charge is -2.15. The van der Waals surface area contributed by atoms with Gasteiger partial charge in [-0.05, 0) is 37.0 Å². The molecule has 3 heterocycles. The monoisotopic (exact) mass is 367 g/mol. The van der Waals surface area contributed by atoms with Crippen molar-refractivity contribution in [2.75, 3.05) is 6.54 Å². The van der Waals surface area contributed by atoms with Crippen molar-refractivity contribution in [1.29, 1.82) is 0 Å². The van der Waals surface area contributed by atoms with Crippen LogP contribution in [-0.2, 0) is 30.8 Å². The number of rotatable bonds is 5. The highest BCUT2D eigenvalue weighted by molar-refractivity contribution is 5.94. The van der Waals surface area contributed by atoms with Crippen LogP contribution in [0.5, 0.6) is 0 Å². The first kappa shape index (κ1) is 17.7. The van der Waals surface area contributed by atoms with E-state index in [2.05, 4.69) is 20.1 Å². The minimum atomic E-state index is -0.121. The van der Waals surface area contributed by atoms with Crippen molar-refractivity contribution in [3.05, 3.63) is 47.0 Å². The molecule has 1 saturated heterocycles. The van der Waals surface area contributed by atoms with Crippen molar-refractivity contribution in [2.24, 2.45) is 0 Å². The van der Waals surface area contributed by atoms with Gasteiger partial charge in [0.2, 0.25) is 5.91 Å². The molecule has 0 unspecified atom stereocenters. The van der Waals surface area contributed by atoms with Crippen LogP contribution in [0.3, 0.4) is 0 Å². The minimum absolute atomic E-state index is 0.121. The van der Waals surface area contributed by atoms with Crippen molar-refractivity contribution < 1.29 is 9.59 Å². The fourth-order valence-electron chi connectivity index (χ4n) is 3.79. The van der Waals surface area contributed by atoms with Gasteiger partial charge in [0.25, 0.3) is 5.91 Å². The maximum Gasteiger partial charge on any atom is 0.251 e. The number of hydrogen-bond acceptors (Lipinski definition) is 4. The van der Waals surface area contributed by atoms with Gasteiger partial charge in [0.15, 0.2) is 5.82 Å². The van der Waals surface area contributed by atoms with Crippen LogP contribution in [-0.4, -0.2) is 38.0 Å². The van der Waals surface area contributed by atoms with Crippen molar-refractivity contribution in [3.63, 3.8) is 0 Å². The van der Waals surface area contributed by atoms with Crippen LogP contribution in [0.2, 0.25) is 0 Å². The summed E-state index contributed by atoms with van der Waals surface area (Å²) in [5, 5.41) is 11.5. The summed E-state index contributed by atoms with van der Waals surface area (Å²) in [6, 6.07) is 7.47. The zero-order valence-corrected chi connectivity index (χ0v) is 15.5. The van der Waals surface area contributed by atoms with E-state index in [0.717, 1.165) is 56.0 Å². The molecule has 0 radical (unpaired) electrons. The van der Waals surface area contributed by atoms with Crippen molar-refractivity contribution in [2.45, 2.75) is 58.2 Å². The summed E-state index contributed by atoms with van der Waals surface area (Å²) in [6.07, 6.45) is 6.04. The molecular formula is C20H25N5O2. The molecule has 0 saturated carbocycles. The lowest BCUT2D eigenvalue weighted by Crippen LogP contribution is -2.25. The lowest BCUT2D eigenvalue weighted by atomic mass is 10.1. The summed E-state index contributed by atoms with van der Waals surface area (Å²) >= 11 is 0. The first-order chi connectivity index (χ1) is 13.2. The van der Waals surface area contributed by atoms with Crippen LogP contribution in [0.25, 0.3) is 0 Å². The van der Waals surface area contributed by atoms with Gasteiger partial charge in [-0.1, -0.05) is 18.6 Å². The number of nitrogens with zero attached hydrogens (tertiary/aromatic N) is 4. The fourth-order valence-corrected chi connectivity index (χ4v) is 3.79. The van der Waals surface area contributed by atoms with E-state index < -0.39 is 0 Å². The van der Waals surface area contributed by atoms with Gasteiger partial charge in [0, 0.05) is 38.0 Å². The second-order valence-corrected chi connectivity index (χ2v) is 7.29.